The molecule has 0 bridgehead atoms. The van der Waals surface area contributed by atoms with E-state index in [1.807, 2.05) is 0 Å². The summed E-state index contributed by atoms with van der Waals surface area (Å²) in [5, 5.41) is 17.9. The average molecular weight is 514 g/mol. The first-order chi connectivity index (χ1) is 15.8. The molecule has 1 aliphatic rings. The number of aromatic amines is 1. The van der Waals surface area contributed by atoms with Crippen molar-refractivity contribution >= 4 is 50.0 Å². The van der Waals surface area contributed by atoms with Crippen molar-refractivity contribution in [2.75, 3.05) is 25.5 Å². The van der Waals surface area contributed by atoms with Gasteiger partial charge in [-0.2, -0.15) is 0 Å². The molecule has 10 nitrogen and oxygen atoms in total. The Morgan fingerprint density at radius 2 is 1.97 bits per heavy atom. The number of hydrogen-bond donors (Lipinski definition) is 3. The van der Waals surface area contributed by atoms with Crippen LogP contribution in [0.15, 0.2) is 51.7 Å². The maximum Gasteiger partial charge on any atom is 0.294 e. The van der Waals surface area contributed by atoms with Crippen LogP contribution in [0.2, 0.25) is 0 Å². The van der Waals surface area contributed by atoms with Gasteiger partial charge in [-0.05, 0) is 18.6 Å². The Morgan fingerprint density at radius 3 is 2.70 bits per heavy atom. The van der Waals surface area contributed by atoms with Gasteiger partial charge in [0.25, 0.3) is 17.5 Å². The molecule has 0 radical (unpaired) electrons. The third-order valence-corrected chi connectivity index (χ3v) is 6.01. The number of carbonyl (C=O) groups excluding carboxylic acids is 2. The molecule has 2 aromatic carbocycles. The van der Waals surface area contributed by atoms with E-state index in [-0.39, 0.29) is 41.0 Å². The standard InChI is InChI=1S/C22H20BrN5O5/c1-24-21(30)16-8-12(23)9-18(28(32)33)20(16)25-13-6-7-27(11-13)22(31)15-10-19(29)26-17-5-3-2-4-14(15)17/h2-5,8-10,13,25H,6-7,11H2,1H3,(H,24,30)(H,26,29). The van der Waals surface area contributed by atoms with Gasteiger partial charge in [-0.25, -0.2) is 0 Å². The molecule has 0 aliphatic carbocycles. The van der Waals surface area contributed by atoms with E-state index in [1.54, 1.807) is 29.2 Å². The van der Waals surface area contributed by atoms with Crippen LogP contribution < -0.4 is 16.2 Å². The zero-order valence-electron chi connectivity index (χ0n) is 17.6. The van der Waals surface area contributed by atoms with E-state index in [1.165, 1.54) is 25.2 Å². The van der Waals surface area contributed by atoms with Crippen molar-refractivity contribution in [2.45, 2.75) is 12.5 Å². The lowest BCUT2D eigenvalue weighted by Crippen LogP contribution is -2.33. The number of fused-ring (bicyclic) bond motifs is 1. The number of H-pyrrole nitrogens is 1. The number of amides is 2. The summed E-state index contributed by atoms with van der Waals surface area (Å²) >= 11 is 3.21. The van der Waals surface area contributed by atoms with E-state index in [4.69, 9.17) is 0 Å². The molecular formula is C22H20BrN5O5. The highest BCUT2D eigenvalue weighted by Crippen LogP contribution is 2.34. The van der Waals surface area contributed by atoms with Gasteiger partial charge in [-0.3, -0.25) is 24.5 Å². The molecule has 170 valence electrons. The molecule has 2 heterocycles. The Balaban J connectivity index is 1.61. The molecular weight excluding hydrogens is 494 g/mol. The topological polar surface area (TPSA) is 137 Å². The summed E-state index contributed by atoms with van der Waals surface area (Å²) in [6.45, 7) is 0.664. The molecule has 1 atom stereocenters. The zero-order valence-corrected chi connectivity index (χ0v) is 19.1. The number of halogens is 1. The molecule has 3 aromatic rings. The van der Waals surface area contributed by atoms with Crippen molar-refractivity contribution in [3.63, 3.8) is 0 Å². The predicted molar refractivity (Wildman–Crippen MR) is 127 cm³/mol. The first-order valence-electron chi connectivity index (χ1n) is 10.2. The lowest BCUT2D eigenvalue weighted by molar-refractivity contribution is -0.384. The average Bonchev–Trinajstić information content (AvgIpc) is 3.26. The molecule has 0 spiro atoms. The summed E-state index contributed by atoms with van der Waals surface area (Å²) in [6.07, 6.45) is 0.521. The van der Waals surface area contributed by atoms with Gasteiger partial charge in [0.1, 0.15) is 5.69 Å². The number of hydrogen-bond acceptors (Lipinski definition) is 6. The van der Waals surface area contributed by atoms with E-state index >= 15 is 0 Å². The highest BCUT2D eigenvalue weighted by atomic mass is 79.9. The van der Waals surface area contributed by atoms with Gasteiger partial charge >= 0.3 is 0 Å². The van der Waals surface area contributed by atoms with Gasteiger partial charge in [0.2, 0.25) is 5.56 Å². The Hall–Kier alpha value is -3.73. The van der Waals surface area contributed by atoms with Crippen molar-refractivity contribution in [1.82, 2.24) is 15.2 Å². The Bertz CT molecular complexity index is 1340. The van der Waals surface area contributed by atoms with E-state index in [0.29, 0.717) is 33.9 Å². The molecule has 1 fully saturated rings. The number of nitrogens with zero attached hydrogens (tertiary/aromatic N) is 2. The normalized spacial score (nSPS) is 15.5. The first kappa shape index (κ1) is 22.5. The maximum atomic E-state index is 13.2. The third-order valence-electron chi connectivity index (χ3n) is 5.56. The summed E-state index contributed by atoms with van der Waals surface area (Å²) in [4.78, 5) is 53.0. The lowest BCUT2D eigenvalue weighted by atomic mass is 10.1. The highest BCUT2D eigenvalue weighted by Gasteiger charge is 2.31. The number of carbonyl (C=O) groups is 2. The largest absolute Gasteiger partial charge is 0.374 e. The van der Waals surface area contributed by atoms with Gasteiger partial charge in [0.05, 0.1) is 16.1 Å². The second-order valence-electron chi connectivity index (χ2n) is 7.66. The number of aromatic nitrogens is 1. The van der Waals surface area contributed by atoms with Gasteiger partial charge in [-0.15, -0.1) is 0 Å². The summed E-state index contributed by atoms with van der Waals surface area (Å²) < 4.78 is 0.405. The van der Waals surface area contributed by atoms with Crippen LogP contribution in [0.1, 0.15) is 27.1 Å². The van der Waals surface area contributed by atoms with Gasteiger partial charge in [0, 0.05) is 53.7 Å². The number of likely N-dealkylation sites (tertiary alicyclic amines) is 1. The fourth-order valence-corrected chi connectivity index (χ4v) is 4.47. The SMILES string of the molecule is CNC(=O)c1cc(Br)cc([N+](=O)[O-])c1NC1CCN(C(=O)c2cc(=O)[nH]c3ccccc23)C1. The van der Waals surface area contributed by atoms with Crippen molar-refractivity contribution in [1.29, 1.82) is 0 Å². The van der Waals surface area contributed by atoms with Crippen LogP contribution in [-0.2, 0) is 0 Å². The monoisotopic (exact) mass is 513 g/mol. The molecule has 1 aromatic heterocycles. The molecule has 3 N–H and O–H groups in total. The van der Waals surface area contributed by atoms with Crippen molar-refractivity contribution in [3.05, 3.63) is 78.5 Å². The molecule has 0 saturated carbocycles. The van der Waals surface area contributed by atoms with Crippen LogP contribution >= 0.6 is 15.9 Å². The molecule has 33 heavy (non-hydrogen) atoms. The first-order valence-corrected chi connectivity index (χ1v) is 11.0. The summed E-state index contributed by atoms with van der Waals surface area (Å²) in [6, 6.07) is 10.9. The smallest absolute Gasteiger partial charge is 0.294 e. The number of para-hydroxylation sites is 1. The summed E-state index contributed by atoms with van der Waals surface area (Å²) in [7, 11) is 1.45. The van der Waals surface area contributed by atoms with Crippen molar-refractivity contribution in [3.8, 4) is 0 Å². The quantitative estimate of drug-likeness (QED) is 0.354. The third kappa shape index (κ3) is 4.44. The van der Waals surface area contributed by atoms with Crippen LogP contribution in [0, 0.1) is 10.1 Å². The lowest BCUT2D eigenvalue weighted by Gasteiger charge is -2.20. The minimum absolute atomic E-state index is 0.100. The van der Waals surface area contributed by atoms with Crippen LogP contribution in [0.5, 0.6) is 0 Å². The number of pyridine rings is 1. The van der Waals surface area contributed by atoms with Crippen LogP contribution in [0.25, 0.3) is 10.9 Å². The fraction of sp³-hybridized carbons (Fsp3) is 0.227. The number of nitrogens with one attached hydrogen (secondary N) is 3. The number of anilines is 1. The minimum atomic E-state index is -0.556. The van der Waals surface area contributed by atoms with E-state index < -0.39 is 10.8 Å². The molecule has 1 unspecified atom stereocenters. The van der Waals surface area contributed by atoms with Crippen LogP contribution in [-0.4, -0.2) is 52.8 Å². The van der Waals surface area contributed by atoms with E-state index in [9.17, 15) is 24.5 Å². The Labute approximate surface area is 196 Å². The predicted octanol–water partition coefficient (Wildman–Crippen LogP) is 2.89. The molecule has 1 saturated heterocycles. The maximum absolute atomic E-state index is 13.2. The Morgan fingerprint density at radius 1 is 1.21 bits per heavy atom. The minimum Gasteiger partial charge on any atom is -0.374 e. The molecule has 2 amide bonds. The molecule has 4 rings (SSSR count). The van der Waals surface area contributed by atoms with Gasteiger partial charge in [-0.1, -0.05) is 34.1 Å². The van der Waals surface area contributed by atoms with E-state index in [2.05, 4.69) is 31.5 Å². The molecule has 11 heteroatoms. The number of rotatable bonds is 5. The number of nitro groups is 1. The van der Waals surface area contributed by atoms with Crippen LogP contribution in [0.3, 0.4) is 0 Å². The van der Waals surface area contributed by atoms with E-state index in [0.717, 1.165) is 0 Å². The van der Waals surface area contributed by atoms with Gasteiger partial charge < -0.3 is 20.5 Å². The summed E-state index contributed by atoms with van der Waals surface area (Å²) in [5.41, 5.74) is 0.492. The second-order valence-corrected chi connectivity index (χ2v) is 8.57. The second kappa shape index (κ2) is 9.02. The zero-order chi connectivity index (χ0) is 23.7. The number of benzene rings is 2. The summed E-state index contributed by atoms with van der Waals surface area (Å²) in [5.74, 6) is -0.763. The fourth-order valence-electron chi connectivity index (χ4n) is 4.02. The molecule has 1 aliphatic heterocycles. The van der Waals surface area contributed by atoms with Crippen molar-refractivity contribution in [2.24, 2.45) is 0 Å². The van der Waals surface area contributed by atoms with Crippen molar-refractivity contribution < 1.29 is 14.5 Å². The van der Waals surface area contributed by atoms with Crippen LogP contribution in [0.4, 0.5) is 11.4 Å². The van der Waals surface area contributed by atoms with Gasteiger partial charge in [0.15, 0.2) is 0 Å². The Kier molecular flexibility index (Phi) is 6.14. The highest BCUT2D eigenvalue weighted by molar-refractivity contribution is 9.10. The number of nitro benzene ring substituents is 1.